The maximum atomic E-state index is 12.9. The van der Waals surface area contributed by atoms with Crippen molar-refractivity contribution in [1.29, 1.82) is 5.41 Å². The number of halogens is 1. The normalized spacial score (nSPS) is 12.7. The molecule has 9 nitrogen and oxygen atoms in total. The number of nitrogens with one attached hydrogen (secondary N) is 2. The van der Waals surface area contributed by atoms with Gasteiger partial charge < -0.3 is 15.7 Å². The molecule has 0 fully saturated rings. The average Bonchev–Trinajstić information content (AvgIpc) is 3.36. The highest BCUT2D eigenvalue weighted by molar-refractivity contribution is 7.19. The molecule has 0 aliphatic heterocycles. The molecule has 0 atom stereocenters. The van der Waals surface area contributed by atoms with Crippen molar-refractivity contribution < 1.29 is 0 Å². The van der Waals surface area contributed by atoms with Crippen LogP contribution in [-0.4, -0.2) is 35.7 Å². The van der Waals surface area contributed by atoms with Crippen LogP contribution in [0.25, 0.3) is 21.3 Å². The molecular formula is C16H15ClN8OS. The first kappa shape index (κ1) is 17.4. The van der Waals surface area contributed by atoms with Crippen molar-refractivity contribution in [1.82, 2.24) is 29.5 Å². The SMILES string of the molecule is Cn1c2nc(Cc3cc[nH]n3)sc2c2cnn(C/C(N)=C(\Cl)C=N)c(=O)c21. The van der Waals surface area contributed by atoms with Crippen molar-refractivity contribution in [2.45, 2.75) is 13.0 Å². The Morgan fingerprint density at radius 3 is 3.04 bits per heavy atom. The zero-order valence-corrected chi connectivity index (χ0v) is 15.8. The predicted molar refractivity (Wildman–Crippen MR) is 105 cm³/mol. The standard InChI is InChI=1S/C16H15ClN8OS/c1-24-13-9(6-21-25(16(13)26)7-11(19)10(17)5-18)14-15(24)22-12(27-14)4-8-2-3-20-23-8/h2-3,5-6,18H,4,7,19H2,1H3,(H,20,23)/b11-10+,18-5?. The molecule has 138 valence electrons. The number of nitrogens with two attached hydrogens (primary N) is 1. The Morgan fingerprint density at radius 2 is 2.33 bits per heavy atom. The summed E-state index contributed by atoms with van der Waals surface area (Å²) in [4.78, 5) is 17.5. The summed E-state index contributed by atoms with van der Waals surface area (Å²) in [5.41, 5.74) is 7.88. The van der Waals surface area contributed by atoms with E-state index in [1.807, 2.05) is 6.07 Å². The molecule has 4 rings (SSSR count). The van der Waals surface area contributed by atoms with Gasteiger partial charge in [-0.2, -0.15) is 10.2 Å². The third kappa shape index (κ3) is 2.92. The highest BCUT2D eigenvalue weighted by Gasteiger charge is 2.18. The predicted octanol–water partition coefficient (Wildman–Crippen LogP) is 1.72. The monoisotopic (exact) mass is 402 g/mol. The molecule has 0 aromatic carbocycles. The Labute approximate surface area is 161 Å². The summed E-state index contributed by atoms with van der Waals surface area (Å²) in [5.74, 6) is 0. The summed E-state index contributed by atoms with van der Waals surface area (Å²) < 4.78 is 3.92. The number of hydrogen-bond acceptors (Lipinski definition) is 7. The summed E-state index contributed by atoms with van der Waals surface area (Å²) in [6.07, 6.45) is 4.97. The minimum Gasteiger partial charge on any atom is -0.399 e. The van der Waals surface area contributed by atoms with Gasteiger partial charge in [-0.1, -0.05) is 11.6 Å². The first-order valence-electron chi connectivity index (χ1n) is 7.96. The topological polar surface area (TPSA) is 131 Å². The molecule has 0 amide bonds. The molecule has 0 radical (unpaired) electrons. The van der Waals surface area contributed by atoms with Gasteiger partial charge in [0.2, 0.25) is 0 Å². The largest absolute Gasteiger partial charge is 0.399 e. The maximum Gasteiger partial charge on any atom is 0.291 e. The molecule has 4 N–H and O–H groups in total. The second-order valence-corrected chi connectivity index (χ2v) is 7.44. The molecular weight excluding hydrogens is 388 g/mol. The summed E-state index contributed by atoms with van der Waals surface area (Å²) in [7, 11) is 1.80. The van der Waals surface area contributed by atoms with Crippen molar-refractivity contribution in [2.24, 2.45) is 12.8 Å². The highest BCUT2D eigenvalue weighted by Crippen LogP contribution is 2.31. The van der Waals surface area contributed by atoms with Crippen LogP contribution in [0.5, 0.6) is 0 Å². The maximum absolute atomic E-state index is 12.9. The van der Waals surface area contributed by atoms with E-state index >= 15 is 0 Å². The Hall–Kier alpha value is -2.98. The molecule has 0 unspecified atom stereocenters. The van der Waals surface area contributed by atoms with Crippen LogP contribution in [0, 0.1) is 5.41 Å². The van der Waals surface area contributed by atoms with Gasteiger partial charge in [0.25, 0.3) is 5.56 Å². The molecule has 0 bridgehead atoms. The van der Waals surface area contributed by atoms with E-state index in [-0.39, 0.29) is 22.8 Å². The molecule has 0 aliphatic carbocycles. The number of rotatable bonds is 5. The van der Waals surface area contributed by atoms with Crippen LogP contribution in [0.1, 0.15) is 10.7 Å². The van der Waals surface area contributed by atoms with Crippen LogP contribution in [0.2, 0.25) is 0 Å². The third-order valence-electron chi connectivity index (χ3n) is 4.21. The van der Waals surface area contributed by atoms with Gasteiger partial charge in [-0.25, -0.2) is 9.67 Å². The summed E-state index contributed by atoms with van der Waals surface area (Å²) >= 11 is 7.36. The van der Waals surface area contributed by atoms with Gasteiger partial charge in [0.15, 0.2) is 5.65 Å². The summed E-state index contributed by atoms with van der Waals surface area (Å²) in [6, 6.07) is 1.90. The smallest absolute Gasteiger partial charge is 0.291 e. The second kappa shape index (κ2) is 6.63. The van der Waals surface area contributed by atoms with Gasteiger partial charge in [-0.3, -0.25) is 9.89 Å². The van der Waals surface area contributed by atoms with Crippen LogP contribution in [-0.2, 0) is 20.0 Å². The van der Waals surface area contributed by atoms with E-state index in [9.17, 15) is 4.79 Å². The van der Waals surface area contributed by atoms with E-state index in [1.54, 1.807) is 24.0 Å². The van der Waals surface area contributed by atoms with E-state index in [2.05, 4.69) is 20.3 Å². The number of nitrogens with zero attached hydrogens (tertiary/aromatic N) is 5. The Balaban J connectivity index is 1.81. The number of fused-ring (bicyclic) bond motifs is 3. The lowest BCUT2D eigenvalue weighted by atomic mass is 10.3. The fraction of sp³-hybridized carbons (Fsp3) is 0.188. The molecule has 11 heteroatoms. The van der Waals surface area contributed by atoms with Crippen LogP contribution in [0.3, 0.4) is 0 Å². The quantitative estimate of drug-likeness (QED) is 0.437. The molecule has 4 aromatic heterocycles. The molecule has 4 heterocycles. The van der Waals surface area contributed by atoms with Crippen molar-refractivity contribution in [3.05, 3.63) is 50.2 Å². The van der Waals surface area contributed by atoms with Crippen molar-refractivity contribution in [3.8, 4) is 0 Å². The molecule has 0 saturated heterocycles. The van der Waals surface area contributed by atoms with Gasteiger partial charge in [-0.05, 0) is 6.07 Å². The Kier molecular flexibility index (Phi) is 4.28. The number of aryl methyl sites for hydroxylation is 1. The molecule has 0 saturated carbocycles. The minimum atomic E-state index is -0.286. The number of allylic oxidation sites excluding steroid dienone is 2. The highest BCUT2D eigenvalue weighted by atomic mass is 35.5. The van der Waals surface area contributed by atoms with E-state index in [0.717, 1.165) is 32.6 Å². The number of aromatic nitrogens is 6. The lowest BCUT2D eigenvalue weighted by molar-refractivity contribution is 0.632. The van der Waals surface area contributed by atoms with E-state index in [4.69, 9.17) is 22.7 Å². The Bertz CT molecular complexity index is 1250. The van der Waals surface area contributed by atoms with Gasteiger partial charge in [0.1, 0.15) is 10.5 Å². The van der Waals surface area contributed by atoms with Crippen LogP contribution < -0.4 is 11.3 Å². The fourth-order valence-electron chi connectivity index (χ4n) is 2.89. The third-order valence-corrected chi connectivity index (χ3v) is 5.64. The zero-order valence-electron chi connectivity index (χ0n) is 14.2. The number of thiazole rings is 1. The number of H-pyrrole nitrogens is 1. The molecule has 4 aromatic rings. The van der Waals surface area contributed by atoms with E-state index in [1.165, 1.54) is 16.0 Å². The fourth-order valence-corrected chi connectivity index (χ4v) is 4.08. The van der Waals surface area contributed by atoms with E-state index < -0.39 is 0 Å². The Morgan fingerprint density at radius 1 is 1.52 bits per heavy atom. The van der Waals surface area contributed by atoms with E-state index in [0.29, 0.717) is 11.9 Å². The van der Waals surface area contributed by atoms with Crippen molar-refractivity contribution >= 4 is 50.4 Å². The van der Waals surface area contributed by atoms with Gasteiger partial charge in [0, 0.05) is 31.3 Å². The van der Waals surface area contributed by atoms with Gasteiger partial charge in [-0.15, -0.1) is 11.3 Å². The lowest BCUT2D eigenvalue weighted by Gasteiger charge is -2.06. The summed E-state index contributed by atoms with van der Waals surface area (Å²) in [5, 5.41) is 20.1. The molecule has 27 heavy (non-hydrogen) atoms. The number of aromatic amines is 1. The lowest BCUT2D eigenvalue weighted by Crippen LogP contribution is -2.26. The van der Waals surface area contributed by atoms with Crippen LogP contribution >= 0.6 is 22.9 Å². The van der Waals surface area contributed by atoms with Crippen molar-refractivity contribution in [2.75, 3.05) is 0 Å². The van der Waals surface area contributed by atoms with Crippen molar-refractivity contribution in [3.63, 3.8) is 0 Å². The number of hydrogen-bond donors (Lipinski definition) is 3. The first-order chi connectivity index (χ1) is 13.0. The summed E-state index contributed by atoms with van der Waals surface area (Å²) in [6.45, 7) is 0.0135. The van der Waals surface area contributed by atoms with Gasteiger partial charge >= 0.3 is 0 Å². The second-order valence-electron chi connectivity index (χ2n) is 5.95. The average molecular weight is 403 g/mol. The molecule has 0 spiro atoms. The minimum absolute atomic E-state index is 0.0135. The first-order valence-corrected chi connectivity index (χ1v) is 9.16. The molecule has 0 aliphatic rings. The van der Waals surface area contributed by atoms with Crippen LogP contribution in [0.15, 0.2) is 34.0 Å². The van der Waals surface area contributed by atoms with Crippen LogP contribution in [0.4, 0.5) is 0 Å². The zero-order chi connectivity index (χ0) is 19.1. The van der Waals surface area contributed by atoms with Gasteiger partial charge in [0.05, 0.1) is 33.9 Å².